The summed E-state index contributed by atoms with van der Waals surface area (Å²) in [5.74, 6) is -0.821. The van der Waals surface area contributed by atoms with Gasteiger partial charge in [0.15, 0.2) is 0 Å². The second-order valence-corrected chi connectivity index (χ2v) is 5.88. The van der Waals surface area contributed by atoms with Crippen LogP contribution in [0.5, 0.6) is 0 Å². The molecule has 96 valence electrons. The summed E-state index contributed by atoms with van der Waals surface area (Å²) in [5, 5.41) is 16.3. The maximum absolute atomic E-state index is 11.2. The molecule has 0 aliphatic heterocycles. The fourth-order valence-corrected chi connectivity index (χ4v) is 2.81. The van der Waals surface area contributed by atoms with Crippen molar-refractivity contribution in [1.29, 1.82) is 0 Å². The van der Waals surface area contributed by atoms with E-state index in [-0.39, 0.29) is 5.25 Å². The molecular weight excluding hydrogens is 238 g/mol. The van der Waals surface area contributed by atoms with Crippen molar-refractivity contribution < 1.29 is 9.90 Å². The van der Waals surface area contributed by atoms with Crippen molar-refractivity contribution in [2.75, 3.05) is 7.05 Å². The van der Waals surface area contributed by atoms with E-state index in [4.69, 9.17) is 5.11 Å². The molecule has 2 N–H and O–H groups in total. The topological polar surface area (TPSA) is 67.2 Å². The van der Waals surface area contributed by atoms with E-state index in [9.17, 15) is 4.79 Å². The van der Waals surface area contributed by atoms with E-state index in [0.717, 1.165) is 4.90 Å². The van der Waals surface area contributed by atoms with Crippen molar-refractivity contribution in [3.05, 3.63) is 12.4 Å². The van der Waals surface area contributed by atoms with Crippen molar-refractivity contribution in [2.24, 2.45) is 7.05 Å². The lowest BCUT2D eigenvalue weighted by Crippen LogP contribution is -2.49. The molecule has 0 bridgehead atoms. The van der Waals surface area contributed by atoms with Crippen LogP contribution in [0.25, 0.3) is 0 Å². The Kier molecular flexibility index (Phi) is 4.59. The van der Waals surface area contributed by atoms with Crippen LogP contribution in [0, 0.1) is 0 Å². The quantitative estimate of drug-likeness (QED) is 0.753. The highest BCUT2D eigenvalue weighted by Gasteiger charge is 2.33. The number of nitrogens with one attached hydrogen (secondary N) is 1. The Morgan fingerprint density at radius 1 is 1.76 bits per heavy atom. The van der Waals surface area contributed by atoms with Crippen LogP contribution >= 0.6 is 11.8 Å². The molecule has 2 atom stereocenters. The summed E-state index contributed by atoms with van der Waals surface area (Å²) in [5.41, 5.74) is -0.880. The molecular formula is C11H19N3O2S. The molecule has 0 saturated heterocycles. The molecule has 0 aliphatic carbocycles. The molecule has 17 heavy (non-hydrogen) atoms. The minimum atomic E-state index is -0.880. The summed E-state index contributed by atoms with van der Waals surface area (Å²) in [6.07, 6.45) is 4.27. The van der Waals surface area contributed by atoms with Gasteiger partial charge in [-0.15, -0.1) is 11.8 Å². The number of carboxylic acids is 1. The van der Waals surface area contributed by atoms with E-state index < -0.39 is 11.5 Å². The van der Waals surface area contributed by atoms with Gasteiger partial charge in [-0.05, 0) is 20.4 Å². The van der Waals surface area contributed by atoms with Crippen LogP contribution in [-0.2, 0) is 11.8 Å². The van der Waals surface area contributed by atoms with E-state index in [2.05, 4.69) is 10.4 Å². The molecule has 0 fully saturated rings. The average Bonchev–Trinajstić information content (AvgIpc) is 2.63. The highest BCUT2D eigenvalue weighted by molar-refractivity contribution is 7.99. The lowest BCUT2D eigenvalue weighted by molar-refractivity contribution is -0.144. The second kappa shape index (κ2) is 5.55. The van der Waals surface area contributed by atoms with Crippen LogP contribution in [0.2, 0.25) is 0 Å². The second-order valence-electron chi connectivity index (χ2n) is 4.37. The molecule has 0 aromatic carbocycles. The van der Waals surface area contributed by atoms with Crippen LogP contribution in [0.1, 0.15) is 20.3 Å². The first kappa shape index (κ1) is 14.1. The third kappa shape index (κ3) is 3.74. The van der Waals surface area contributed by atoms with Gasteiger partial charge in [-0.25, -0.2) is 0 Å². The molecule has 0 amide bonds. The van der Waals surface area contributed by atoms with Gasteiger partial charge >= 0.3 is 5.97 Å². The third-order valence-electron chi connectivity index (χ3n) is 2.74. The van der Waals surface area contributed by atoms with Gasteiger partial charge in [0.05, 0.1) is 6.20 Å². The van der Waals surface area contributed by atoms with Gasteiger partial charge in [-0.2, -0.15) is 5.10 Å². The molecule has 0 radical (unpaired) electrons. The highest BCUT2D eigenvalue weighted by atomic mass is 32.2. The maximum Gasteiger partial charge on any atom is 0.323 e. The van der Waals surface area contributed by atoms with Gasteiger partial charge in [0.2, 0.25) is 0 Å². The zero-order chi connectivity index (χ0) is 13.1. The van der Waals surface area contributed by atoms with Crippen LogP contribution in [0.15, 0.2) is 17.3 Å². The first-order valence-electron chi connectivity index (χ1n) is 5.45. The summed E-state index contributed by atoms with van der Waals surface area (Å²) in [4.78, 5) is 12.2. The minimum absolute atomic E-state index is 0.202. The summed E-state index contributed by atoms with van der Waals surface area (Å²) in [6.45, 7) is 3.73. The third-order valence-corrected chi connectivity index (χ3v) is 3.79. The van der Waals surface area contributed by atoms with Crippen LogP contribution in [-0.4, -0.2) is 38.7 Å². The number of aryl methyl sites for hydroxylation is 1. The molecule has 1 aromatic heterocycles. The lowest BCUT2D eigenvalue weighted by Gasteiger charge is -2.26. The molecule has 1 heterocycles. The summed E-state index contributed by atoms with van der Waals surface area (Å²) < 4.78 is 1.74. The SMILES string of the molecule is CNC(C)(CC(C)Sc1cnn(C)c1)C(=O)O. The van der Waals surface area contributed by atoms with Crippen LogP contribution < -0.4 is 5.32 Å². The molecule has 5 nitrogen and oxygen atoms in total. The maximum atomic E-state index is 11.2. The number of carbonyl (C=O) groups is 1. The van der Waals surface area contributed by atoms with E-state index >= 15 is 0 Å². The van der Waals surface area contributed by atoms with E-state index in [0.29, 0.717) is 6.42 Å². The predicted molar refractivity (Wildman–Crippen MR) is 68.2 cm³/mol. The lowest BCUT2D eigenvalue weighted by atomic mass is 9.96. The highest BCUT2D eigenvalue weighted by Crippen LogP contribution is 2.28. The Morgan fingerprint density at radius 3 is 2.82 bits per heavy atom. The molecule has 0 aliphatic rings. The Balaban J connectivity index is 2.59. The van der Waals surface area contributed by atoms with E-state index in [1.807, 2.05) is 20.2 Å². The van der Waals surface area contributed by atoms with Crippen LogP contribution in [0.4, 0.5) is 0 Å². The Bertz CT molecular complexity index is 394. The summed E-state index contributed by atoms with van der Waals surface area (Å²) in [6, 6.07) is 0. The largest absolute Gasteiger partial charge is 0.480 e. The number of likely N-dealkylation sites (N-methyl/N-ethyl adjacent to an activating group) is 1. The number of rotatable bonds is 6. The predicted octanol–water partition coefficient (Wildman–Crippen LogP) is 1.35. The van der Waals surface area contributed by atoms with Crippen molar-refractivity contribution in [1.82, 2.24) is 15.1 Å². The van der Waals surface area contributed by atoms with Gasteiger partial charge in [0, 0.05) is 23.4 Å². The number of hydrogen-bond donors (Lipinski definition) is 2. The average molecular weight is 257 g/mol. The van der Waals surface area contributed by atoms with Crippen molar-refractivity contribution in [3.8, 4) is 0 Å². The Morgan fingerprint density at radius 2 is 2.41 bits per heavy atom. The zero-order valence-electron chi connectivity index (χ0n) is 10.6. The van der Waals surface area contributed by atoms with Crippen molar-refractivity contribution in [3.63, 3.8) is 0 Å². The number of aromatic nitrogens is 2. The van der Waals surface area contributed by atoms with Gasteiger partial charge < -0.3 is 10.4 Å². The Hall–Kier alpha value is -1.01. The van der Waals surface area contributed by atoms with Crippen LogP contribution in [0.3, 0.4) is 0 Å². The summed E-state index contributed by atoms with van der Waals surface area (Å²) >= 11 is 1.64. The molecule has 1 aromatic rings. The first-order chi connectivity index (χ1) is 7.87. The Labute approximate surface area is 106 Å². The standard InChI is InChI=1S/C11H19N3O2S/c1-8(5-11(2,12-3)10(15)16)17-9-6-13-14(4)7-9/h6-8,12H,5H2,1-4H3,(H,15,16). The first-order valence-corrected chi connectivity index (χ1v) is 6.33. The number of aliphatic carboxylic acids is 1. The number of hydrogen-bond acceptors (Lipinski definition) is 4. The normalized spacial score (nSPS) is 16.5. The van der Waals surface area contributed by atoms with E-state index in [1.54, 1.807) is 36.6 Å². The monoisotopic (exact) mass is 257 g/mol. The van der Waals surface area contributed by atoms with Crippen molar-refractivity contribution in [2.45, 2.75) is 36.0 Å². The van der Waals surface area contributed by atoms with Gasteiger partial charge in [0.25, 0.3) is 0 Å². The fourth-order valence-electron chi connectivity index (χ4n) is 1.60. The number of thioether (sulfide) groups is 1. The van der Waals surface area contributed by atoms with Gasteiger partial charge in [0.1, 0.15) is 5.54 Å². The van der Waals surface area contributed by atoms with Gasteiger partial charge in [-0.3, -0.25) is 9.48 Å². The smallest absolute Gasteiger partial charge is 0.323 e. The fraction of sp³-hybridized carbons (Fsp3) is 0.636. The molecule has 1 rings (SSSR count). The number of carboxylic acid groups (broad SMARTS) is 1. The summed E-state index contributed by atoms with van der Waals surface area (Å²) in [7, 11) is 3.54. The van der Waals surface area contributed by atoms with Crippen molar-refractivity contribution >= 4 is 17.7 Å². The number of nitrogens with zero attached hydrogens (tertiary/aromatic N) is 2. The molecule has 6 heteroatoms. The molecule has 2 unspecified atom stereocenters. The van der Waals surface area contributed by atoms with Gasteiger partial charge in [-0.1, -0.05) is 6.92 Å². The molecule has 0 spiro atoms. The minimum Gasteiger partial charge on any atom is -0.480 e. The molecule has 0 saturated carbocycles. The van der Waals surface area contributed by atoms with E-state index in [1.165, 1.54) is 0 Å². The zero-order valence-corrected chi connectivity index (χ0v) is 11.4.